The summed E-state index contributed by atoms with van der Waals surface area (Å²) in [5.74, 6) is 1.25. The number of ketones is 2. The Hall–Kier alpha value is -6.16. The molecule has 0 heterocycles. The van der Waals surface area contributed by atoms with Gasteiger partial charge in [0, 0.05) is 11.1 Å². The number of hydrogen-bond acceptors (Lipinski definition) is 10. The second-order valence-corrected chi connectivity index (χ2v) is 20.3. The Balaban J connectivity index is 0.000000357. The Morgan fingerprint density at radius 2 is 0.776 bits per heavy atom. The van der Waals surface area contributed by atoms with Crippen molar-refractivity contribution in [3.8, 4) is 23.0 Å². The van der Waals surface area contributed by atoms with E-state index in [1.54, 1.807) is 71.9 Å². The highest BCUT2D eigenvalue weighted by atomic mass is 16.6. The molecule has 362 valence electrons. The largest absolute Gasteiger partial charge is 0.507 e. The standard InChI is InChI=1S/C30H40O5.C27H34O5/c1-11-14-33-26-21(4)17-24(18-22(26)5)25(31)13-12-23-15-19(2)27(20(3)16-23)34-30(9,10)28(32)35-29(6,7)8;1-16-14-21(15-17(2)23(16)29)22(28)11-10-20-12-18(3)24(19(4)13-20)31-27(8,9)25(30)32-26(5,6)7/h12-13,15-18H,11,14H2,1-10H3;10-15,29H,1-9H3/b13-12+;11-10+. The van der Waals surface area contributed by atoms with E-state index < -0.39 is 34.3 Å². The predicted molar refractivity (Wildman–Crippen MR) is 269 cm³/mol. The summed E-state index contributed by atoms with van der Waals surface area (Å²) in [5.41, 5.74) is 6.11. The van der Waals surface area contributed by atoms with Crippen LogP contribution in [0.4, 0.5) is 0 Å². The first-order valence-corrected chi connectivity index (χ1v) is 22.8. The zero-order valence-corrected chi connectivity index (χ0v) is 43.5. The van der Waals surface area contributed by atoms with E-state index in [1.165, 1.54) is 6.08 Å². The first-order chi connectivity index (χ1) is 30.7. The van der Waals surface area contributed by atoms with Crippen LogP contribution in [0.3, 0.4) is 0 Å². The molecule has 0 bridgehead atoms. The fourth-order valence-electron chi connectivity index (χ4n) is 7.04. The van der Waals surface area contributed by atoms with E-state index in [0.29, 0.717) is 40.4 Å². The van der Waals surface area contributed by atoms with Gasteiger partial charge in [-0.1, -0.05) is 19.1 Å². The molecule has 4 aromatic rings. The maximum atomic E-state index is 12.9. The number of esters is 2. The van der Waals surface area contributed by atoms with Gasteiger partial charge in [-0.25, -0.2) is 9.59 Å². The van der Waals surface area contributed by atoms with Gasteiger partial charge in [-0.3, -0.25) is 9.59 Å². The van der Waals surface area contributed by atoms with Gasteiger partial charge in [-0.15, -0.1) is 0 Å². The van der Waals surface area contributed by atoms with Crippen molar-refractivity contribution >= 4 is 35.7 Å². The van der Waals surface area contributed by atoms with Gasteiger partial charge in [0.1, 0.15) is 34.2 Å². The smallest absolute Gasteiger partial charge is 0.350 e. The number of ether oxygens (including phenoxy) is 5. The minimum atomic E-state index is -1.15. The molecule has 0 unspecified atom stereocenters. The summed E-state index contributed by atoms with van der Waals surface area (Å²) in [4.78, 5) is 50.6. The van der Waals surface area contributed by atoms with Crippen molar-refractivity contribution in [2.45, 2.75) is 160 Å². The molecule has 4 aromatic carbocycles. The summed E-state index contributed by atoms with van der Waals surface area (Å²) in [6.07, 6.45) is 7.59. The Bertz CT molecular complexity index is 2440. The molecule has 0 aliphatic carbocycles. The van der Waals surface area contributed by atoms with Crippen LogP contribution in [0, 0.1) is 55.4 Å². The van der Waals surface area contributed by atoms with Gasteiger partial charge in [0.15, 0.2) is 22.8 Å². The highest BCUT2D eigenvalue weighted by Crippen LogP contribution is 2.33. The molecule has 4 rings (SSSR count). The van der Waals surface area contributed by atoms with E-state index in [1.807, 2.05) is 119 Å². The molecule has 0 spiro atoms. The quantitative estimate of drug-likeness (QED) is 0.0697. The fraction of sp³-hybridized carbons (Fsp3) is 0.439. The summed E-state index contributed by atoms with van der Waals surface area (Å²) in [7, 11) is 0. The molecule has 1 N–H and O–H groups in total. The van der Waals surface area contributed by atoms with Crippen molar-refractivity contribution in [2.75, 3.05) is 6.61 Å². The number of aryl methyl sites for hydroxylation is 8. The third-order valence-electron chi connectivity index (χ3n) is 10.3. The highest BCUT2D eigenvalue weighted by Gasteiger charge is 2.37. The third kappa shape index (κ3) is 16.0. The van der Waals surface area contributed by atoms with E-state index in [9.17, 15) is 24.3 Å². The molecule has 0 aliphatic heterocycles. The first kappa shape index (κ1) is 55.2. The Morgan fingerprint density at radius 1 is 0.478 bits per heavy atom. The normalized spacial score (nSPS) is 12.1. The van der Waals surface area contributed by atoms with Crippen LogP contribution in [0.5, 0.6) is 23.0 Å². The summed E-state index contributed by atoms with van der Waals surface area (Å²) in [6.45, 7) is 35.6. The molecular weight excluding hydrogens is 845 g/mol. The SMILES string of the molecule is CCCOc1c(C)cc(C(=O)/C=C/c2cc(C)c(OC(C)(C)C(=O)OC(C)(C)C)c(C)c2)cc1C.Cc1cc(C(=O)/C=C/c2cc(C)c(OC(C)(C)C(=O)OC(C)(C)C)c(C)c2)cc(C)c1O. The molecule has 0 aromatic heterocycles. The van der Waals surface area contributed by atoms with Crippen molar-refractivity contribution in [3.63, 3.8) is 0 Å². The number of rotatable bonds is 15. The lowest BCUT2D eigenvalue weighted by Gasteiger charge is -2.30. The summed E-state index contributed by atoms with van der Waals surface area (Å²) >= 11 is 0. The molecule has 0 radical (unpaired) electrons. The van der Waals surface area contributed by atoms with Crippen LogP contribution in [-0.2, 0) is 19.1 Å². The third-order valence-corrected chi connectivity index (χ3v) is 10.3. The molecule has 0 saturated heterocycles. The minimum Gasteiger partial charge on any atom is -0.507 e. The zero-order valence-electron chi connectivity index (χ0n) is 43.5. The monoisotopic (exact) mass is 919 g/mol. The molecule has 0 saturated carbocycles. The Labute approximate surface area is 399 Å². The molecule has 0 aliphatic rings. The minimum absolute atomic E-state index is 0.0695. The lowest BCUT2D eigenvalue weighted by molar-refractivity contribution is -0.171. The number of allylic oxidation sites excluding steroid dienone is 2. The van der Waals surface area contributed by atoms with Crippen LogP contribution < -0.4 is 14.2 Å². The molecule has 67 heavy (non-hydrogen) atoms. The number of carbonyl (C=O) groups excluding carboxylic acids is 4. The van der Waals surface area contributed by atoms with Gasteiger partial charge < -0.3 is 28.8 Å². The van der Waals surface area contributed by atoms with E-state index in [0.717, 1.165) is 56.7 Å². The van der Waals surface area contributed by atoms with E-state index in [2.05, 4.69) is 6.92 Å². The number of phenols is 1. The number of benzene rings is 4. The van der Waals surface area contributed by atoms with E-state index in [4.69, 9.17) is 23.7 Å². The number of hydrogen-bond donors (Lipinski definition) is 1. The van der Waals surface area contributed by atoms with Crippen LogP contribution in [0.1, 0.15) is 159 Å². The lowest BCUT2D eigenvalue weighted by Crippen LogP contribution is -2.43. The van der Waals surface area contributed by atoms with Crippen LogP contribution in [0.15, 0.2) is 60.7 Å². The first-order valence-electron chi connectivity index (χ1n) is 22.8. The van der Waals surface area contributed by atoms with Crippen LogP contribution in [0.2, 0.25) is 0 Å². The zero-order chi connectivity index (χ0) is 51.0. The van der Waals surface area contributed by atoms with E-state index >= 15 is 0 Å². The second-order valence-electron chi connectivity index (χ2n) is 20.3. The molecule has 10 nitrogen and oxygen atoms in total. The number of phenolic OH excluding ortho intramolecular Hbond substituents is 1. The second kappa shape index (κ2) is 22.1. The maximum Gasteiger partial charge on any atom is 0.350 e. The van der Waals surface area contributed by atoms with Gasteiger partial charge in [-0.05, 0) is 247 Å². The topological polar surface area (TPSA) is 135 Å². The maximum absolute atomic E-state index is 12.9. The number of aromatic hydroxyl groups is 1. The summed E-state index contributed by atoms with van der Waals surface area (Å²) in [5, 5.41) is 9.91. The van der Waals surface area contributed by atoms with Gasteiger partial charge in [0.25, 0.3) is 0 Å². The van der Waals surface area contributed by atoms with Gasteiger partial charge in [-0.2, -0.15) is 0 Å². The average molecular weight is 919 g/mol. The lowest BCUT2D eigenvalue weighted by atomic mass is 10.0. The van der Waals surface area contributed by atoms with Crippen molar-refractivity contribution in [1.29, 1.82) is 0 Å². The average Bonchev–Trinajstić information content (AvgIpc) is 3.19. The highest BCUT2D eigenvalue weighted by molar-refractivity contribution is 6.08. The summed E-state index contributed by atoms with van der Waals surface area (Å²) in [6, 6.07) is 14.8. The molecule has 0 atom stereocenters. The number of carbonyl (C=O) groups is 4. The summed E-state index contributed by atoms with van der Waals surface area (Å²) < 4.78 is 29.0. The van der Waals surface area contributed by atoms with Gasteiger partial charge in [0.05, 0.1) is 6.61 Å². The van der Waals surface area contributed by atoms with E-state index in [-0.39, 0.29) is 17.3 Å². The molecule has 0 fully saturated rings. The van der Waals surface area contributed by atoms with Crippen molar-refractivity contribution in [1.82, 2.24) is 0 Å². The van der Waals surface area contributed by atoms with Crippen LogP contribution >= 0.6 is 0 Å². The molecule has 0 amide bonds. The molecular formula is C57H74O10. The van der Waals surface area contributed by atoms with Crippen molar-refractivity contribution < 1.29 is 48.0 Å². The van der Waals surface area contributed by atoms with Gasteiger partial charge in [0.2, 0.25) is 0 Å². The van der Waals surface area contributed by atoms with Crippen molar-refractivity contribution in [2.24, 2.45) is 0 Å². The van der Waals surface area contributed by atoms with Gasteiger partial charge >= 0.3 is 11.9 Å². The van der Waals surface area contributed by atoms with Crippen molar-refractivity contribution in [3.05, 3.63) is 127 Å². The Kier molecular flexibility index (Phi) is 18.2. The fourth-order valence-corrected chi connectivity index (χ4v) is 7.04. The Morgan fingerprint density at radius 3 is 1.07 bits per heavy atom. The molecule has 10 heteroatoms. The van der Waals surface area contributed by atoms with Crippen LogP contribution in [-0.4, -0.2) is 57.6 Å². The predicted octanol–water partition coefficient (Wildman–Crippen LogP) is 13.1. The van der Waals surface area contributed by atoms with Crippen LogP contribution in [0.25, 0.3) is 12.2 Å².